The first-order valence-corrected chi connectivity index (χ1v) is 9.94. The second-order valence-corrected chi connectivity index (χ2v) is 7.91. The molecular weight excluding hydrogens is 374 g/mol. The van der Waals surface area contributed by atoms with Crippen LogP contribution >= 0.6 is 11.3 Å². The van der Waals surface area contributed by atoms with E-state index >= 15 is 0 Å². The highest BCUT2D eigenvalue weighted by Crippen LogP contribution is 2.25. The summed E-state index contributed by atoms with van der Waals surface area (Å²) < 4.78 is 0. The van der Waals surface area contributed by atoms with Gasteiger partial charge in [-0.25, -0.2) is 4.98 Å². The molecule has 3 N–H and O–H groups in total. The number of nitrogens with one attached hydrogen (secondary N) is 3. The zero-order valence-electron chi connectivity index (χ0n) is 16.0. The molecule has 0 fully saturated rings. The van der Waals surface area contributed by atoms with Gasteiger partial charge in [-0.05, 0) is 43.0 Å². The number of hydrogen-bond donors (Lipinski definition) is 3. The van der Waals surface area contributed by atoms with E-state index < -0.39 is 0 Å². The van der Waals surface area contributed by atoms with Crippen molar-refractivity contribution < 1.29 is 9.59 Å². The minimum atomic E-state index is -0.277. The van der Waals surface area contributed by atoms with Gasteiger partial charge in [0.05, 0.1) is 6.04 Å². The first-order chi connectivity index (χ1) is 13.4. The normalized spacial score (nSPS) is 12.0. The number of amides is 2. The number of aromatic amines is 1. The Labute approximate surface area is 167 Å². The Morgan fingerprint density at radius 3 is 2.71 bits per heavy atom. The number of H-pyrrole nitrogens is 1. The van der Waals surface area contributed by atoms with E-state index in [4.69, 9.17) is 0 Å². The van der Waals surface area contributed by atoms with Gasteiger partial charge < -0.3 is 10.6 Å². The zero-order valence-corrected chi connectivity index (χ0v) is 16.8. The van der Waals surface area contributed by atoms with Crippen LogP contribution in [0.4, 0.5) is 5.69 Å². The molecule has 146 valence electrons. The van der Waals surface area contributed by atoms with Crippen molar-refractivity contribution in [3.63, 3.8) is 0 Å². The molecule has 2 aromatic heterocycles. The molecule has 8 heteroatoms. The molecule has 0 aliphatic rings. The van der Waals surface area contributed by atoms with E-state index in [0.717, 1.165) is 11.3 Å². The van der Waals surface area contributed by atoms with Crippen molar-refractivity contribution in [2.45, 2.75) is 33.2 Å². The number of carbonyl (C=O) groups is 2. The third-order valence-electron chi connectivity index (χ3n) is 4.09. The molecule has 0 bridgehead atoms. The van der Waals surface area contributed by atoms with Crippen molar-refractivity contribution in [3.05, 3.63) is 63.9 Å². The lowest BCUT2D eigenvalue weighted by Gasteiger charge is -2.18. The van der Waals surface area contributed by atoms with Gasteiger partial charge in [0, 0.05) is 17.3 Å². The maximum atomic E-state index is 12.5. The lowest BCUT2D eigenvalue weighted by atomic mass is 10.0. The fourth-order valence-electron chi connectivity index (χ4n) is 2.78. The van der Waals surface area contributed by atoms with Crippen LogP contribution in [0.3, 0.4) is 0 Å². The number of rotatable bonds is 7. The second-order valence-electron chi connectivity index (χ2n) is 7.02. The summed E-state index contributed by atoms with van der Waals surface area (Å²) >= 11 is 1.37. The van der Waals surface area contributed by atoms with Crippen LogP contribution in [0, 0.1) is 12.8 Å². The summed E-state index contributed by atoms with van der Waals surface area (Å²) in [6.45, 7) is 6.12. The molecule has 3 aromatic rings. The van der Waals surface area contributed by atoms with Gasteiger partial charge in [-0.15, -0.1) is 11.3 Å². The molecule has 0 spiro atoms. The highest BCUT2D eigenvalue weighted by molar-refractivity contribution is 7.10. The van der Waals surface area contributed by atoms with E-state index in [2.05, 4.69) is 39.7 Å². The van der Waals surface area contributed by atoms with Gasteiger partial charge in [-0.1, -0.05) is 26.0 Å². The average Bonchev–Trinajstić information content (AvgIpc) is 3.33. The Morgan fingerprint density at radius 1 is 1.21 bits per heavy atom. The Balaban J connectivity index is 1.74. The molecule has 3 rings (SSSR count). The van der Waals surface area contributed by atoms with Gasteiger partial charge >= 0.3 is 0 Å². The van der Waals surface area contributed by atoms with Gasteiger partial charge in [0.15, 0.2) is 0 Å². The average molecular weight is 398 g/mol. The minimum Gasteiger partial charge on any atom is -0.341 e. The zero-order chi connectivity index (χ0) is 20.1. The van der Waals surface area contributed by atoms with Gasteiger partial charge in [-0.3, -0.25) is 14.7 Å². The minimum absolute atomic E-state index is 0.246. The Kier molecular flexibility index (Phi) is 6.20. The lowest BCUT2D eigenvalue weighted by Crippen LogP contribution is -2.30. The summed E-state index contributed by atoms with van der Waals surface area (Å²) in [4.78, 5) is 29.4. The number of carbonyl (C=O) groups excluding carboxylic acids is 2. The highest BCUT2D eigenvalue weighted by Gasteiger charge is 2.22. The molecule has 7 nitrogen and oxygen atoms in total. The van der Waals surface area contributed by atoms with Crippen LogP contribution in [0.15, 0.2) is 41.9 Å². The smallest absolute Gasteiger partial charge is 0.275 e. The van der Waals surface area contributed by atoms with Gasteiger partial charge in [-0.2, -0.15) is 5.10 Å². The van der Waals surface area contributed by atoms with Crippen molar-refractivity contribution in [2.24, 2.45) is 5.92 Å². The maximum absolute atomic E-state index is 12.5. The summed E-state index contributed by atoms with van der Waals surface area (Å²) in [5, 5.41) is 14.7. The second kappa shape index (κ2) is 8.79. The first kappa shape index (κ1) is 19.8. The molecule has 0 saturated heterocycles. The fourth-order valence-corrected chi connectivity index (χ4v) is 3.64. The molecule has 2 amide bonds. The van der Waals surface area contributed by atoms with Gasteiger partial charge in [0.25, 0.3) is 11.8 Å². The topological polar surface area (TPSA) is 99.8 Å². The van der Waals surface area contributed by atoms with E-state index in [0.29, 0.717) is 28.7 Å². The van der Waals surface area contributed by atoms with E-state index in [1.54, 1.807) is 11.4 Å². The number of aromatic nitrogens is 3. The van der Waals surface area contributed by atoms with Crippen molar-refractivity contribution in [1.82, 2.24) is 20.5 Å². The summed E-state index contributed by atoms with van der Waals surface area (Å²) in [5.41, 5.74) is 2.52. The molecule has 2 heterocycles. The molecule has 28 heavy (non-hydrogen) atoms. The molecule has 0 saturated carbocycles. The number of aryl methyl sites for hydroxylation is 1. The summed E-state index contributed by atoms with van der Waals surface area (Å²) in [6, 6.07) is 8.93. The summed E-state index contributed by atoms with van der Waals surface area (Å²) in [5.74, 6) is -0.166. The van der Waals surface area contributed by atoms with Crippen LogP contribution in [0.25, 0.3) is 0 Å². The van der Waals surface area contributed by atoms with E-state index in [-0.39, 0.29) is 17.9 Å². The Bertz CT molecular complexity index is 949. The van der Waals surface area contributed by atoms with Crippen molar-refractivity contribution in [1.29, 1.82) is 0 Å². The number of thiazole rings is 1. The van der Waals surface area contributed by atoms with Gasteiger partial charge in [0.2, 0.25) is 0 Å². The van der Waals surface area contributed by atoms with Crippen molar-refractivity contribution in [2.75, 3.05) is 5.32 Å². The molecule has 0 radical (unpaired) electrons. The van der Waals surface area contributed by atoms with Crippen molar-refractivity contribution >= 4 is 28.8 Å². The number of anilines is 1. The molecular formula is C20H23N5O2S. The van der Waals surface area contributed by atoms with Crippen LogP contribution in [0.5, 0.6) is 0 Å². The largest absolute Gasteiger partial charge is 0.341 e. The summed E-state index contributed by atoms with van der Waals surface area (Å²) in [6.07, 6.45) is 2.25. The Morgan fingerprint density at radius 2 is 2.04 bits per heavy atom. The first-order valence-electron chi connectivity index (χ1n) is 9.06. The summed E-state index contributed by atoms with van der Waals surface area (Å²) in [7, 11) is 0. The maximum Gasteiger partial charge on any atom is 0.275 e. The quantitative estimate of drug-likeness (QED) is 0.562. The SMILES string of the molecule is Cc1cccc(NC(=O)c2csc([C@@H](CC(C)C)NC(=O)c3ccn[nH]3)n2)c1. The number of nitrogens with zero attached hydrogens (tertiary/aromatic N) is 2. The monoisotopic (exact) mass is 397 g/mol. The van der Waals surface area contributed by atoms with Crippen molar-refractivity contribution in [3.8, 4) is 0 Å². The predicted molar refractivity (Wildman–Crippen MR) is 109 cm³/mol. The van der Waals surface area contributed by atoms with E-state index in [9.17, 15) is 9.59 Å². The molecule has 1 atom stereocenters. The standard InChI is InChI=1S/C20H23N5O2S/c1-12(2)9-16(23-18(26)15-7-8-21-25-15)20-24-17(11-28-20)19(27)22-14-6-4-5-13(3)10-14/h4-8,10-12,16H,9H2,1-3H3,(H,21,25)(H,22,27)(H,23,26)/t16-/m1/s1. The lowest BCUT2D eigenvalue weighted by molar-refractivity contribution is 0.0926. The highest BCUT2D eigenvalue weighted by atomic mass is 32.1. The molecule has 0 unspecified atom stereocenters. The van der Waals surface area contributed by atoms with Gasteiger partial charge in [0.1, 0.15) is 16.4 Å². The molecule has 0 aliphatic carbocycles. The molecule has 0 aliphatic heterocycles. The predicted octanol–water partition coefficient (Wildman–Crippen LogP) is 3.94. The fraction of sp³-hybridized carbons (Fsp3) is 0.300. The Hall–Kier alpha value is -3.00. The number of hydrogen-bond acceptors (Lipinski definition) is 5. The van der Waals surface area contributed by atoms with Crippen LogP contribution in [-0.2, 0) is 0 Å². The molecule has 1 aromatic carbocycles. The van der Waals surface area contributed by atoms with Crippen LogP contribution < -0.4 is 10.6 Å². The third-order valence-corrected chi connectivity index (χ3v) is 5.04. The van der Waals surface area contributed by atoms with Crippen LogP contribution in [0.1, 0.15) is 57.9 Å². The number of benzene rings is 1. The van der Waals surface area contributed by atoms with E-state index in [1.807, 2.05) is 31.2 Å². The van der Waals surface area contributed by atoms with Crippen LogP contribution in [-0.4, -0.2) is 27.0 Å². The van der Waals surface area contributed by atoms with Crippen LogP contribution in [0.2, 0.25) is 0 Å². The third kappa shape index (κ3) is 5.04. The van der Waals surface area contributed by atoms with E-state index in [1.165, 1.54) is 17.5 Å².